The Bertz CT molecular complexity index is 1050. The van der Waals surface area contributed by atoms with Crippen LogP contribution in [0.3, 0.4) is 0 Å². The van der Waals surface area contributed by atoms with Gasteiger partial charge in [-0.3, -0.25) is 0 Å². The molecule has 2 heterocycles. The van der Waals surface area contributed by atoms with Gasteiger partial charge in [0.15, 0.2) is 5.03 Å². The fourth-order valence-corrected chi connectivity index (χ4v) is 5.11. The van der Waals surface area contributed by atoms with Crippen molar-refractivity contribution in [1.29, 1.82) is 0 Å². The SMILES string of the molecule is Cc1ccc(CNCCCN2c3cccnc3S(=O)c3ccc(C)c(C)c32)cc1. The highest BCUT2D eigenvalue weighted by atomic mass is 32.2. The molecule has 4 rings (SSSR count). The molecule has 2 aromatic carbocycles. The highest BCUT2D eigenvalue weighted by Gasteiger charge is 2.30. The molecule has 0 fully saturated rings. The van der Waals surface area contributed by atoms with Gasteiger partial charge in [0.2, 0.25) is 0 Å². The summed E-state index contributed by atoms with van der Waals surface area (Å²) in [5.74, 6) is 0. The highest BCUT2D eigenvalue weighted by Crippen LogP contribution is 2.43. The standard InChI is InChI=1S/C24H27N3OS/c1-17-7-10-20(11-8-17)16-25-13-5-15-27-21-6-4-14-26-24(21)29(28)22-12-9-18(2)19(3)23(22)27/h4,6-12,14,25H,5,13,15-16H2,1-3H3. The Hall–Kier alpha value is -2.50. The molecule has 29 heavy (non-hydrogen) atoms. The quantitative estimate of drug-likeness (QED) is 0.598. The maximum atomic E-state index is 13.1. The van der Waals surface area contributed by atoms with E-state index in [-0.39, 0.29) is 0 Å². The van der Waals surface area contributed by atoms with Crippen LogP contribution in [0.2, 0.25) is 0 Å². The van der Waals surface area contributed by atoms with E-state index < -0.39 is 10.8 Å². The maximum Gasteiger partial charge on any atom is 0.155 e. The predicted octanol–water partition coefficient (Wildman–Crippen LogP) is 4.80. The molecule has 1 aliphatic heterocycles. The Morgan fingerprint density at radius 1 is 1.03 bits per heavy atom. The van der Waals surface area contributed by atoms with Crippen LogP contribution in [0, 0.1) is 20.8 Å². The molecule has 5 heteroatoms. The van der Waals surface area contributed by atoms with E-state index in [1.165, 1.54) is 22.3 Å². The minimum absolute atomic E-state index is 0.663. The first kappa shape index (κ1) is 19.8. The summed E-state index contributed by atoms with van der Waals surface area (Å²) in [6.07, 6.45) is 2.71. The van der Waals surface area contributed by atoms with E-state index in [0.717, 1.165) is 42.3 Å². The number of nitrogens with zero attached hydrogens (tertiary/aromatic N) is 2. The summed E-state index contributed by atoms with van der Waals surface area (Å²) in [4.78, 5) is 7.60. The number of benzene rings is 2. The zero-order valence-electron chi connectivity index (χ0n) is 17.2. The number of hydrogen-bond donors (Lipinski definition) is 1. The fraction of sp³-hybridized carbons (Fsp3) is 0.292. The Kier molecular flexibility index (Phi) is 5.79. The van der Waals surface area contributed by atoms with Crippen LogP contribution >= 0.6 is 0 Å². The van der Waals surface area contributed by atoms with Crippen molar-refractivity contribution < 1.29 is 4.21 Å². The largest absolute Gasteiger partial charge is 0.338 e. The number of fused-ring (bicyclic) bond motifs is 2. The summed E-state index contributed by atoms with van der Waals surface area (Å²) in [6.45, 7) is 8.99. The van der Waals surface area contributed by atoms with Crippen molar-refractivity contribution in [3.05, 3.63) is 77.0 Å². The Morgan fingerprint density at radius 2 is 1.83 bits per heavy atom. The van der Waals surface area contributed by atoms with E-state index in [1.807, 2.05) is 18.2 Å². The number of hydrogen-bond acceptors (Lipinski definition) is 4. The average Bonchev–Trinajstić information content (AvgIpc) is 2.74. The second-order valence-corrected chi connectivity index (χ2v) is 8.98. The third-order valence-corrected chi connectivity index (χ3v) is 6.93. The van der Waals surface area contributed by atoms with Gasteiger partial charge in [0, 0.05) is 19.3 Å². The topological polar surface area (TPSA) is 45.2 Å². The highest BCUT2D eigenvalue weighted by molar-refractivity contribution is 7.85. The van der Waals surface area contributed by atoms with Crippen molar-refractivity contribution in [3.63, 3.8) is 0 Å². The monoisotopic (exact) mass is 405 g/mol. The first-order valence-corrected chi connectivity index (χ1v) is 11.2. The van der Waals surface area contributed by atoms with Crippen LogP contribution in [0.15, 0.2) is 64.6 Å². The average molecular weight is 406 g/mol. The smallest absolute Gasteiger partial charge is 0.155 e. The lowest BCUT2D eigenvalue weighted by Gasteiger charge is -2.34. The lowest BCUT2D eigenvalue weighted by Crippen LogP contribution is -2.29. The molecular formula is C24H27N3OS. The molecule has 1 N–H and O–H groups in total. The molecule has 0 aliphatic carbocycles. The van der Waals surface area contributed by atoms with Gasteiger partial charge in [-0.05, 0) is 68.6 Å². The Labute approximate surface area is 175 Å². The normalized spacial score (nSPS) is 15.1. The van der Waals surface area contributed by atoms with Crippen LogP contribution in [0.5, 0.6) is 0 Å². The molecule has 0 amide bonds. The number of nitrogens with one attached hydrogen (secondary N) is 1. The Morgan fingerprint density at radius 3 is 2.62 bits per heavy atom. The third kappa shape index (κ3) is 3.98. The Balaban J connectivity index is 1.50. The fourth-order valence-electron chi connectivity index (χ4n) is 3.75. The molecule has 0 radical (unpaired) electrons. The second kappa shape index (κ2) is 8.47. The number of rotatable bonds is 6. The minimum Gasteiger partial charge on any atom is -0.338 e. The molecule has 1 unspecified atom stereocenters. The van der Waals surface area contributed by atoms with Crippen molar-refractivity contribution in [2.45, 2.75) is 43.7 Å². The van der Waals surface area contributed by atoms with Gasteiger partial charge >= 0.3 is 0 Å². The zero-order chi connectivity index (χ0) is 20.4. The van der Waals surface area contributed by atoms with Crippen LogP contribution in [-0.2, 0) is 17.3 Å². The minimum atomic E-state index is -1.23. The summed E-state index contributed by atoms with van der Waals surface area (Å²) >= 11 is 0. The van der Waals surface area contributed by atoms with Gasteiger partial charge in [-0.1, -0.05) is 35.9 Å². The lowest BCUT2D eigenvalue weighted by atomic mass is 10.1. The second-order valence-electron chi connectivity index (χ2n) is 7.62. The first-order valence-electron chi connectivity index (χ1n) is 10.1. The molecule has 4 nitrogen and oxygen atoms in total. The van der Waals surface area contributed by atoms with Crippen molar-refractivity contribution in [2.24, 2.45) is 0 Å². The summed E-state index contributed by atoms with van der Waals surface area (Å²) in [5, 5.41) is 4.20. The van der Waals surface area contributed by atoms with Crippen LogP contribution in [-0.4, -0.2) is 22.3 Å². The summed E-state index contributed by atoms with van der Waals surface area (Å²) in [5.41, 5.74) is 7.05. The molecule has 3 aromatic rings. The van der Waals surface area contributed by atoms with E-state index in [2.05, 4.69) is 66.3 Å². The number of pyridine rings is 1. The predicted molar refractivity (Wildman–Crippen MR) is 119 cm³/mol. The molecule has 1 atom stereocenters. The van der Waals surface area contributed by atoms with Crippen molar-refractivity contribution in [1.82, 2.24) is 10.3 Å². The molecular weight excluding hydrogens is 378 g/mol. The molecule has 0 bridgehead atoms. The number of aromatic nitrogens is 1. The van der Waals surface area contributed by atoms with E-state index in [0.29, 0.717) is 5.03 Å². The summed E-state index contributed by atoms with van der Waals surface area (Å²) < 4.78 is 13.1. The van der Waals surface area contributed by atoms with Crippen molar-refractivity contribution in [2.75, 3.05) is 18.0 Å². The van der Waals surface area contributed by atoms with Gasteiger partial charge in [-0.25, -0.2) is 9.19 Å². The molecule has 1 aromatic heterocycles. The van der Waals surface area contributed by atoms with E-state index in [9.17, 15) is 4.21 Å². The lowest BCUT2D eigenvalue weighted by molar-refractivity contribution is 0.645. The van der Waals surface area contributed by atoms with Gasteiger partial charge in [-0.15, -0.1) is 0 Å². The van der Waals surface area contributed by atoms with Gasteiger partial charge in [0.1, 0.15) is 10.8 Å². The first-order chi connectivity index (χ1) is 14.1. The number of aryl methyl sites for hydroxylation is 2. The van der Waals surface area contributed by atoms with E-state index in [1.54, 1.807) is 6.20 Å². The third-order valence-electron chi connectivity index (χ3n) is 5.54. The van der Waals surface area contributed by atoms with Crippen LogP contribution in [0.4, 0.5) is 11.4 Å². The van der Waals surface area contributed by atoms with Gasteiger partial charge < -0.3 is 10.2 Å². The van der Waals surface area contributed by atoms with Crippen molar-refractivity contribution in [3.8, 4) is 0 Å². The zero-order valence-corrected chi connectivity index (χ0v) is 18.1. The number of anilines is 2. The van der Waals surface area contributed by atoms with E-state index in [4.69, 9.17) is 0 Å². The van der Waals surface area contributed by atoms with Crippen LogP contribution < -0.4 is 10.2 Å². The summed E-state index contributed by atoms with van der Waals surface area (Å²) in [6, 6.07) is 16.7. The summed E-state index contributed by atoms with van der Waals surface area (Å²) in [7, 11) is -1.23. The van der Waals surface area contributed by atoms with Crippen LogP contribution in [0.1, 0.15) is 28.7 Å². The van der Waals surface area contributed by atoms with Gasteiger partial charge in [0.05, 0.1) is 16.3 Å². The van der Waals surface area contributed by atoms with Crippen LogP contribution in [0.25, 0.3) is 0 Å². The molecule has 1 aliphatic rings. The maximum absolute atomic E-state index is 13.1. The molecule has 0 saturated heterocycles. The molecule has 150 valence electrons. The van der Waals surface area contributed by atoms with Crippen molar-refractivity contribution >= 4 is 22.2 Å². The molecule has 0 saturated carbocycles. The van der Waals surface area contributed by atoms with E-state index >= 15 is 0 Å². The van der Waals surface area contributed by atoms with Gasteiger partial charge in [0.25, 0.3) is 0 Å². The van der Waals surface area contributed by atoms with Gasteiger partial charge in [-0.2, -0.15) is 0 Å². The molecule has 0 spiro atoms.